The average molecular weight is 215 g/mol. The van der Waals surface area contributed by atoms with Crippen molar-refractivity contribution in [3.63, 3.8) is 0 Å². The Labute approximate surface area is 86.7 Å². The molecule has 0 amide bonds. The van der Waals surface area contributed by atoms with Crippen molar-refractivity contribution < 1.29 is 9.05 Å². The summed E-state index contributed by atoms with van der Waals surface area (Å²) in [6, 6.07) is 0.780. The molecule has 80 valence electrons. The summed E-state index contributed by atoms with van der Waals surface area (Å²) in [5.74, 6) is 1.71. The largest absolute Gasteiger partial charge is 0.325 e. The van der Waals surface area contributed by atoms with Crippen LogP contribution in [-0.4, -0.2) is 31.0 Å². The van der Waals surface area contributed by atoms with E-state index in [9.17, 15) is 0 Å². The zero-order valence-corrected chi connectivity index (χ0v) is 9.58. The molecule has 2 aliphatic heterocycles. The van der Waals surface area contributed by atoms with Crippen LogP contribution in [0.5, 0.6) is 0 Å². The van der Waals surface area contributed by atoms with E-state index in [2.05, 4.69) is 4.67 Å². The van der Waals surface area contributed by atoms with E-state index in [1.807, 2.05) is 0 Å². The highest BCUT2D eigenvalue weighted by molar-refractivity contribution is 7.44. The maximum Gasteiger partial charge on any atom is 0.258 e. The van der Waals surface area contributed by atoms with E-state index < -0.39 is 8.53 Å². The summed E-state index contributed by atoms with van der Waals surface area (Å²) < 4.78 is 13.7. The second kappa shape index (κ2) is 3.71. The van der Waals surface area contributed by atoms with Crippen molar-refractivity contribution in [1.29, 1.82) is 0 Å². The van der Waals surface area contributed by atoms with Crippen LogP contribution in [0.4, 0.5) is 0 Å². The molecule has 0 aromatic rings. The summed E-state index contributed by atoms with van der Waals surface area (Å²) in [5.41, 5.74) is 0. The zero-order chi connectivity index (χ0) is 9.54. The minimum atomic E-state index is -0.702. The molecular formula is C10H18NO2P. The van der Waals surface area contributed by atoms with Crippen LogP contribution in [0.1, 0.15) is 25.7 Å². The van der Waals surface area contributed by atoms with Crippen molar-refractivity contribution in [2.75, 3.05) is 20.3 Å². The molecule has 4 heteroatoms. The molecule has 2 heterocycles. The first kappa shape index (κ1) is 9.53. The van der Waals surface area contributed by atoms with E-state index in [1.54, 1.807) is 7.11 Å². The third-order valence-corrected chi connectivity index (χ3v) is 5.52. The predicted octanol–water partition coefficient (Wildman–Crippen LogP) is 2.38. The third-order valence-electron chi connectivity index (χ3n) is 3.96. The van der Waals surface area contributed by atoms with Gasteiger partial charge in [-0.1, -0.05) is 12.8 Å². The second-order valence-electron chi connectivity index (χ2n) is 4.61. The lowest BCUT2D eigenvalue weighted by molar-refractivity contribution is 0.171. The lowest BCUT2D eigenvalue weighted by atomic mass is 9.80. The van der Waals surface area contributed by atoms with Crippen molar-refractivity contribution in [3.8, 4) is 0 Å². The highest BCUT2D eigenvalue weighted by Crippen LogP contribution is 2.57. The standard InChI is InChI=1S/C10H18NO2P/c1-12-14-11-6-8(7-13-14)9-4-2-3-5-10(9)11/h8-10H,2-7H2,1H3/t8-,9+,10+,14-/m0/s1. The topological polar surface area (TPSA) is 21.7 Å². The first-order chi connectivity index (χ1) is 6.90. The molecule has 5 atom stereocenters. The van der Waals surface area contributed by atoms with Crippen LogP contribution in [0.2, 0.25) is 0 Å². The second-order valence-corrected chi connectivity index (χ2v) is 6.23. The van der Waals surface area contributed by atoms with Gasteiger partial charge in [-0.15, -0.1) is 0 Å². The van der Waals surface area contributed by atoms with Gasteiger partial charge >= 0.3 is 0 Å². The smallest absolute Gasteiger partial charge is 0.258 e. The van der Waals surface area contributed by atoms with Gasteiger partial charge in [0.25, 0.3) is 8.53 Å². The van der Waals surface area contributed by atoms with E-state index in [-0.39, 0.29) is 0 Å². The van der Waals surface area contributed by atoms with Crippen LogP contribution in [-0.2, 0) is 9.05 Å². The van der Waals surface area contributed by atoms with Crippen molar-refractivity contribution >= 4 is 8.53 Å². The molecule has 3 fully saturated rings. The Morgan fingerprint density at radius 3 is 3.07 bits per heavy atom. The Hall–Kier alpha value is 0.310. The van der Waals surface area contributed by atoms with Gasteiger partial charge in [0.1, 0.15) is 0 Å². The van der Waals surface area contributed by atoms with Crippen LogP contribution in [0, 0.1) is 11.8 Å². The lowest BCUT2D eigenvalue weighted by Gasteiger charge is -2.33. The SMILES string of the molecule is CO[P@@]1OC[C@@H]2CN1[C@@H]1CCCC[C@H]21. The zero-order valence-electron chi connectivity index (χ0n) is 8.69. The Bertz CT molecular complexity index is 226. The molecule has 3 nitrogen and oxygen atoms in total. The molecular weight excluding hydrogens is 197 g/mol. The number of nitrogens with zero attached hydrogens (tertiary/aromatic N) is 1. The van der Waals surface area contributed by atoms with Crippen molar-refractivity contribution in [2.24, 2.45) is 11.8 Å². The van der Waals surface area contributed by atoms with E-state index in [0.717, 1.165) is 24.5 Å². The molecule has 0 radical (unpaired) electrons. The van der Waals surface area contributed by atoms with E-state index in [4.69, 9.17) is 9.05 Å². The Balaban J connectivity index is 1.81. The van der Waals surface area contributed by atoms with Crippen LogP contribution in [0.3, 0.4) is 0 Å². The van der Waals surface area contributed by atoms with Gasteiger partial charge in [-0.2, -0.15) is 0 Å². The Morgan fingerprint density at radius 1 is 1.36 bits per heavy atom. The van der Waals surface area contributed by atoms with Gasteiger partial charge in [0.05, 0.1) is 6.61 Å². The van der Waals surface area contributed by atoms with Gasteiger partial charge < -0.3 is 9.05 Å². The van der Waals surface area contributed by atoms with Crippen LogP contribution in [0.15, 0.2) is 0 Å². The molecule has 3 aliphatic rings. The van der Waals surface area contributed by atoms with Crippen LogP contribution >= 0.6 is 8.53 Å². The maximum absolute atomic E-state index is 5.77. The van der Waals surface area contributed by atoms with Crippen molar-refractivity contribution in [1.82, 2.24) is 4.67 Å². The molecule has 0 aromatic heterocycles. The average Bonchev–Trinajstić information content (AvgIpc) is 2.55. The van der Waals surface area contributed by atoms with Gasteiger partial charge in [0.2, 0.25) is 0 Å². The van der Waals surface area contributed by atoms with Gasteiger partial charge in [-0.05, 0) is 18.8 Å². The normalized spacial score (nSPS) is 51.6. The minimum absolute atomic E-state index is 0.702. The van der Waals surface area contributed by atoms with Gasteiger partial charge in [0.15, 0.2) is 0 Å². The quantitative estimate of drug-likeness (QED) is 0.627. The molecule has 2 saturated heterocycles. The molecule has 0 aromatic carbocycles. The summed E-state index contributed by atoms with van der Waals surface area (Å²) in [4.78, 5) is 0. The first-order valence-corrected chi connectivity index (χ1v) is 6.77. The molecule has 3 rings (SSSR count). The summed E-state index contributed by atoms with van der Waals surface area (Å²) in [7, 11) is 1.08. The predicted molar refractivity (Wildman–Crippen MR) is 55.8 cm³/mol. The summed E-state index contributed by atoms with van der Waals surface area (Å²) in [6.07, 6.45) is 5.61. The molecule has 0 N–H and O–H groups in total. The van der Waals surface area contributed by atoms with Crippen LogP contribution < -0.4 is 0 Å². The Morgan fingerprint density at radius 2 is 2.21 bits per heavy atom. The van der Waals surface area contributed by atoms with E-state index in [1.165, 1.54) is 32.2 Å². The maximum atomic E-state index is 5.77. The number of hydrogen-bond donors (Lipinski definition) is 0. The monoisotopic (exact) mass is 215 g/mol. The number of hydrogen-bond acceptors (Lipinski definition) is 3. The van der Waals surface area contributed by atoms with Gasteiger partial charge in [-0.3, -0.25) is 0 Å². The molecule has 1 aliphatic carbocycles. The van der Waals surface area contributed by atoms with Gasteiger partial charge in [-0.25, -0.2) is 4.67 Å². The highest BCUT2D eigenvalue weighted by atomic mass is 31.2. The Kier molecular flexibility index (Phi) is 2.53. The number of rotatable bonds is 1. The van der Waals surface area contributed by atoms with E-state index >= 15 is 0 Å². The fourth-order valence-electron chi connectivity index (χ4n) is 3.33. The minimum Gasteiger partial charge on any atom is -0.325 e. The van der Waals surface area contributed by atoms with Crippen molar-refractivity contribution in [3.05, 3.63) is 0 Å². The highest BCUT2D eigenvalue weighted by Gasteiger charge is 2.49. The summed E-state index contributed by atoms with van der Waals surface area (Å²) >= 11 is 0. The fourth-order valence-corrected chi connectivity index (χ4v) is 4.98. The first-order valence-electron chi connectivity index (χ1n) is 5.64. The van der Waals surface area contributed by atoms with Gasteiger partial charge in [0, 0.05) is 25.6 Å². The molecule has 0 spiro atoms. The summed E-state index contributed by atoms with van der Waals surface area (Å²) in [5, 5.41) is 0. The lowest BCUT2D eigenvalue weighted by Crippen LogP contribution is -2.31. The molecule has 1 unspecified atom stereocenters. The fraction of sp³-hybridized carbons (Fsp3) is 1.00. The molecule has 14 heavy (non-hydrogen) atoms. The van der Waals surface area contributed by atoms with Crippen LogP contribution in [0.25, 0.3) is 0 Å². The molecule has 1 saturated carbocycles. The summed E-state index contributed by atoms with van der Waals surface area (Å²) in [6.45, 7) is 2.17. The molecule has 2 bridgehead atoms. The van der Waals surface area contributed by atoms with E-state index in [0.29, 0.717) is 0 Å². The van der Waals surface area contributed by atoms with Crippen molar-refractivity contribution in [2.45, 2.75) is 31.7 Å². The third kappa shape index (κ3) is 1.34. The number of fused-ring (bicyclic) bond motifs is 5.